The Morgan fingerprint density at radius 2 is 1.38 bits per heavy atom. The Morgan fingerprint density at radius 3 is 2.00 bits per heavy atom. The molecule has 0 aliphatic carbocycles. The molecule has 0 saturated heterocycles. The van der Waals surface area contributed by atoms with Gasteiger partial charge in [-0.3, -0.25) is 4.90 Å². The fraction of sp³-hybridized carbons (Fsp3) is 0.679. The van der Waals surface area contributed by atoms with Crippen molar-refractivity contribution in [3.63, 3.8) is 0 Å². The lowest BCUT2D eigenvalue weighted by Crippen LogP contribution is -3.00. The van der Waals surface area contributed by atoms with Gasteiger partial charge in [0.15, 0.2) is 0 Å². The number of hydrogen-bond acceptors (Lipinski definition) is 2. The average molecular weight is 522 g/mol. The lowest BCUT2D eigenvalue weighted by atomic mass is 10.0. The summed E-state index contributed by atoms with van der Waals surface area (Å²) in [6.45, 7) is 5.92. The van der Waals surface area contributed by atoms with Crippen LogP contribution in [0.25, 0.3) is 11.3 Å². The Hall–Kier alpha value is -0.870. The van der Waals surface area contributed by atoms with Crippen LogP contribution >= 0.6 is 11.3 Å². The monoisotopic (exact) mass is 520 g/mol. The fourth-order valence-electron chi connectivity index (χ4n) is 4.83. The summed E-state index contributed by atoms with van der Waals surface area (Å²) in [7, 11) is 0. The second kappa shape index (κ2) is 16.7. The second-order valence-electron chi connectivity index (χ2n) is 9.36. The standard InChI is InChI=1S/C28H45N2S.BrH/c1-2-3-4-5-6-7-8-9-10-11-12-13-17-22-29-23-18-19-24-30-27(25-31-28(29)30)26-20-15-14-16-21-26;/h14-16,20-21,25H,2-13,17-19,22-24H2,1H3;1H/q+1;/p-1. The van der Waals surface area contributed by atoms with Crippen molar-refractivity contribution < 1.29 is 21.5 Å². The van der Waals surface area contributed by atoms with Crippen molar-refractivity contribution in [2.75, 3.05) is 18.0 Å². The number of rotatable bonds is 15. The van der Waals surface area contributed by atoms with Gasteiger partial charge in [-0.15, -0.1) is 0 Å². The van der Waals surface area contributed by atoms with E-state index in [0.717, 1.165) is 6.54 Å². The van der Waals surface area contributed by atoms with Gasteiger partial charge in [0, 0.05) is 10.9 Å². The van der Waals surface area contributed by atoms with Crippen molar-refractivity contribution in [3.05, 3.63) is 35.7 Å². The largest absolute Gasteiger partial charge is 1.00 e. The molecule has 0 atom stereocenters. The minimum absolute atomic E-state index is 0. The van der Waals surface area contributed by atoms with Crippen LogP contribution in [0.15, 0.2) is 35.7 Å². The maximum atomic E-state index is 2.67. The Labute approximate surface area is 212 Å². The molecule has 0 radical (unpaired) electrons. The molecular weight excluding hydrogens is 476 g/mol. The molecule has 2 nitrogen and oxygen atoms in total. The molecule has 3 rings (SSSR count). The third kappa shape index (κ3) is 9.17. The van der Waals surface area contributed by atoms with Gasteiger partial charge in [0.1, 0.15) is 5.69 Å². The molecule has 0 fully saturated rings. The highest BCUT2D eigenvalue weighted by atomic mass is 79.9. The molecule has 1 aliphatic rings. The summed E-state index contributed by atoms with van der Waals surface area (Å²) in [6.07, 6.45) is 21.2. The molecule has 1 aromatic heterocycles. The van der Waals surface area contributed by atoms with Gasteiger partial charge in [0.05, 0.1) is 19.6 Å². The van der Waals surface area contributed by atoms with Crippen LogP contribution in [0.1, 0.15) is 103 Å². The zero-order valence-electron chi connectivity index (χ0n) is 20.4. The van der Waals surface area contributed by atoms with Crippen molar-refractivity contribution >= 4 is 16.5 Å². The number of nitrogens with zero attached hydrogens (tertiary/aromatic N) is 2. The molecule has 4 heteroatoms. The summed E-state index contributed by atoms with van der Waals surface area (Å²) in [6, 6.07) is 10.9. The molecule has 0 saturated carbocycles. The zero-order chi connectivity index (χ0) is 21.6. The molecule has 0 bridgehead atoms. The fourth-order valence-corrected chi connectivity index (χ4v) is 5.96. The minimum atomic E-state index is 0. The summed E-state index contributed by atoms with van der Waals surface area (Å²) in [5.41, 5.74) is 2.76. The van der Waals surface area contributed by atoms with E-state index in [4.69, 9.17) is 0 Å². The predicted octanol–water partition coefficient (Wildman–Crippen LogP) is 5.40. The van der Waals surface area contributed by atoms with Crippen LogP contribution in [0.5, 0.6) is 0 Å². The molecule has 2 heterocycles. The summed E-state index contributed by atoms with van der Waals surface area (Å²) in [5, 5.41) is 3.85. The molecule has 180 valence electrons. The molecule has 2 aromatic rings. The van der Waals surface area contributed by atoms with Gasteiger partial charge in [0.25, 0.3) is 0 Å². The van der Waals surface area contributed by atoms with Gasteiger partial charge < -0.3 is 17.0 Å². The quantitative estimate of drug-likeness (QED) is 0.225. The maximum Gasteiger partial charge on any atom is 0.336 e. The smallest absolute Gasteiger partial charge is 0.336 e. The van der Waals surface area contributed by atoms with Crippen LogP contribution in [0.4, 0.5) is 5.13 Å². The highest BCUT2D eigenvalue weighted by Crippen LogP contribution is 2.28. The molecule has 0 N–H and O–H groups in total. The van der Waals surface area contributed by atoms with Crippen LogP contribution in [0.3, 0.4) is 0 Å². The third-order valence-electron chi connectivity index (χ3n) is 6.73. The zero-order valence-corrected chi connectivity index (χ0v) is 22.8. The topological polar surface area (TPSA) is 7.12 Å². The van der Waals surface area contributed by atoms with Gasteiger partial charge in [-0.25, -0.2) is 4.57 Å². The van der Waals surface area contributed by atoms with E-state index in [1.807, 2.05) is 11.3 Å². The molecule has 0 spiro atoms. The van der Waals surface area contributed by atoms with Crippen LogP contribution in [0, 0.1) is 0 Å². The van der Waals surface area contributed by atoms with Crippen molar-refractivity contribution in [2.24, 2.45) is 0 Å². The second-order valence-corrected chi connectivity index (χ2v) is 10.2. The van der Waals surface area contributed by atoms with Crippen molar-refractivity contribution in [3.8, 4) is 11.3 Å². The molecule has 0 unspecified atom stereocenters. The number of hydrogen-bond donors (Lipinski definition) is 0. The first kappa shape index (κ1) is 27.4. The number of thiazole rings is 1. The first-order valence-electron chi connectivity index (χ1n) is 13.2. The number of fused-ring (bicyclic) bond motifs is 1. The Kier molecular flexibility index (Phi) is 14.3. The average Bonchev–Trinajstić information content (AvgIpc) is 3.12. The number of unbranched alkanes of at least 4 members (excludes halogenated alkanes) is 12. The predicted molar refractivity (Wildman–Crippen MR) is 137 cm³/mol. The first-order valence-corrected chi connectivity index (χ1v) is 14.1. The SMILES string of the molecule is CCCCCCCCCCCCCCCN1CCCC[n+]2c(-c3ccccc3)csc21.[Br-]. The van der Waals surface area contributed by atoms with Gasteiger partial charge in [-0.2, -0.15) is 0 Å². The van der Waals surface area contributed by atoms with Crippen molar-refractivity contribution in [1.82, 2.24) is 0 Å². The maximum absolute atomic E-state index is 2.67. The summed E-state index contributed by atoms with van der Waals surface area (Å²) in [4.78, 5) is 2.67. The third-order valence-corrected chi connectivity index (χ3v) is 7.76. The number of anilines is 1. The molecule has 32 heavy (non-hydrogen) atoms. The van der Waals surface area contributed by atoms with Crippen LogP contribution in [-0.2, 0) is 6.54 Å². The van der Waals surface area contributed by atoms with Crippen LogP contribution in [0.2, 0.25) is 0 Å². The van der Waals surface area contributed by atoms with Crippen molar-refractivity contribution in [2.45, 2.75) is 110 Å². The minimum Gasteiger partial charge on any atom is -1.00 e. The number of benzene rings is 1. The van der Waals surface area contributed by atoms with Crippen LogP contribution in [-0.4, -0.2) is 13.1 Å². The Balaban J connectivity index is 0.00000363. The van der Waals surface area contributed by atoms with Crippen LogP contribution < -0.4 is 26.4 Å². The lowest BCUT2D eigenvalue weighted by molar-refractivity contribution is -0.669. The number of halogens is 1. The van der Waals surface area contributed by atoms with E-state index in [1.165, 1.54) is 126 Å². The van der Waals surface area contributed by atoms with Gasteiger partial charge in [-0.05, 0) is 25.7 Å². The van der Waals surface area contributed by atoms with E-state index in [2.05, 4.69) is 52.1 Å². The van der Waals surface area contributed by atoms with E-state index in [-0.39, 0.29) is 17.0 Å². The van der Waals surface area contributed by atoms with E-state index in [9.17, 15) is 0 Å². The number of aromatic nitrogens is 1. The van der Waals surface area contributed by atoms with E-state index >= 15 is 0 Å². The summed E-state index contributed by atoms with van der Waals surface area (Å²) in [5.74, 6) is 0. The highest BCUT2D eigenvalue weighted by molar-refractivity contribution is 7.13. The lowest BCUT2D eigenvalue weighted by Gasteiger charge is -2.14. The molecule has 1 aromatic carbocycles. The van der Waals surface area contributed by atoms with Gasteiger partial charge in [0.2, 0.25) is 0 Å². The van der Waals surface area contributed by atoms with Gasteiger partial charge in [-0.1, -0.05) is 119 Å². The van der Waals surface area contributed by atoms with Crippen molar-refractivity contribution in [1.29, 1.82) is 0 Å². The summed E-state index contributed by atoms with van der Waals surface area (Å²) >= 11 is 1.94. The van der Waals surface area contributed by atoms with E-state index < -0.39 is 0 Å². The molecular formula is C28H45BrN2S. The normalized spacial score (nSPS) is 13.5. The van der Waals surface area contributed by atoms with E-state index in [1.54, 1.807) is 0 Å². The first-order chi connectivity index (χ1) is 15.4. The molecule has 0 amide bonds. The summed E-state index contributed by atoms with van der Waals surface area (Å²) < 4.78 is 2.58. The Morgan fingerprint density at radius 1 is 0.781 bits per heavy atom. The van der Waals surface area contributed by atoms with Gasteiger partial charge >= 0.3 is 5.13 Å². The Bertz CT molecular complexity index is 715. The highest BCUT2D eigenvalue weighted by Gasteiger charge is 2.27. The molecule has 1 aliphatic heterocycles. The van der Waals surface area contributed by atoms with E-state index in [0.29, 0.717) is 0 Å².